The summed E-state index contributed by atoms with van der Waals surface area (Å²) in [4.78, 5) is 25.5. The summed E-state index contributed by atoms with van der Waals surface area (Å²) in [5.74, 6) is 0.728. The highest BCUT2D eigenvalue weighted by Gasteiger charge is 2.25. The van der Waals surface area contributed by atoms with Crippen molar-refractivity contribution in [3.8, 4) is 5.75 Å². The summed E-state index contributed by atoms with van der Waals surface area (Å²) in [5, 5.41) is 3.18. The van der Waals surface area contributed by atoms with Gasteiger partial charge in [-0.3, -0.25) is 4.79 Å². The summed E-state index contributed by atoms with van der Waals surface area (Å²) in [7, 11) is 2.95. The summed E-state index contributed by atoms with van der Waals surface area (Å²) in [6.07, 6.45) is -0.0782. The minimum atomic E-state index is -0.617. The first-order chi connectivity index (χ1) is 11.3. The lowest BCUT2D eigenvalue weighted by Gasteiger charge is -2.25. The van der Waals surface area contributed by atoms with Crippen molar-refractivity contribution in [2.45, 2.75) is 26.3 Å². The van der Waals surface area contributed by atoms with Crippen LogP contribution in [0, 0.1) is 5.92 Å². The number of benzene rings is 1. The third-order valence-corrected chi connectivity index (χ3v) is 3.59. The van der Waals surface area contributed by atoms with Gasteiger partial charge in [0.05, 0.1) is 13.7 Å². The van der Waals surface area contributed by atoms with E-state index in [9.17, 15) is 9.59 Å². The number of halogens is 1. The van der Waals surface area contributed by atoms with E-state index in [-0.39, 0.29) is 11.8 Å². The molecule has 1 N–H and O–H groups in total. The Morgan fingerprint density at radius 2 is 2.04 bits per heavy atom. The van der Waals surface area contributed by atoms with Crippen molar-refractivity contribution in [2.75, 3.05) is 27.3 Å². The van der Waals surface area contributed by atoms with E-state index < -0.39 is 12.1 Å². The predicted octanol–water partition coefficient (Wildman–Crippen LogP) is 2.95. The molecule has 1 aromatic rings. The van der Waals surface area contributed by atoms with Crippen molar-refractivity contribution < 1.29 is 19.1 Å². The van der Waals surface area contributed by atoms with Gasteiger partial charge in [0.15, 0.2) is 0 Å². The highest BCUT2D eigenvalue weighted by atomic mass is 35.5. The Labute approximate surface area is 148 Å². The number of hydrogen-bond donors (Lipinski definition) is 1. The highest BCUT2D eigenvalue weighted by molar-refractivity contribution is 6.30. The van der Waals surface area contributed by atoms with Gasteiger partial charge in [0, 0.05) is 12.1 Å². The quantitative estimate of drug-likeness (QED) is 0.777. The summed E-state index contributed by atoms with van der Waals surface area (Å²) in [5.41, 5.74) is 0. The maximum absolute atomic E-state index is 12.5. The van der Waals surface area contributed by atoms with Crippen LogP contribution in [0.5, 0.6) is 5.75 Å². The Kier molecular flexibility index (Phi) is 8.40. The number of ether oxygens (including phenoxy) is 2. The molecule has 1 rings (SSSR count). The van der Waals surface area contributed by atoms with E-state index in [0.717, 1.165) is 0 Å². The lowest BCUT2D eigenvalue weighted by atomic mass is 10.0. The molecule has 2 amide bonds. The molecule has 0 aromatic heterocycles. The van der Waals surface area contributed by atoms with Gasteiger partial charge < -0.3 is 19.7 Å². The Bertz CT molecular complexity index is 551. The van der Waals surface area contributed by atoms with Crippen LogP contribution in [0.25, 0.3) is 0 Å². The second kappa shape index (κ2) is 10.0. The van der Waals surface area contributed by atoms with Gasteiger partial charge in [-0.05, 0) is 30.5 Å². The standard InChI is InChI=1S/C17H25ClN2O4/c1-12(2)10-15(19-17(22)23-4)16(21)20(3)8-9-24-14-7-5-6-13(18)11-14/h5-7,11-12,15H,8-10H2,1-4H3,(H,19,22). The second-order valence-electron chi connectivity index (χ2n) is 5.88. The van der Waals surface area contributed by atoms with Crippen LogP contribution in [0.3, 0.4) is 0 Å². The van der Waals surface area contributed by atoms with Crippen LogP contribution >= 0.6 is 11.6 Å². The SMILES string of the molecule is COC(=O)NC(CC(C)C)C(=O)N(C)CCOc1cccc(Cl)c1. The molecule has 0 radical (unpaired) electrons. The van der Waals surface area contributed by atoms with Crippen LogP contribution in [-0.2, 0) is 9.53 Å². The number of rotatable bonds is 8. The van der Waals surface area contributed by atoms with Gasteiger partial charge in [0.2, 0.25) is 5.91 Å². The topological polar surface area (TPSA) is 67.9 Å². The molecule has 0 heterocycles. The summed E-state index contributed by atoms with van der Waals surface area (Å²) in [6.45, 7) is 4.70. The Hall–Kier alpha value is -1.95. The maximum Gasteiger partial charge on any atom is 0.407 e. The van der Waals surface area contributed by atoms with Gasteiger partial charge in [-0.2, -0.15) is 0 Å². The van der Waals surface area contributed by atoms with Crippen molar-refractivity contribution in [1.82, 2.24) is 10.2 Å². The number of likely N-dealkylation sites (N-methyl/N-ethyl adjacent to an activating group) is 1. The zero-order valence-electron chi connectivity index (χ0n) is 14.5. The van der Waals surface area contributed by atoms with Crippen molar-refractivity contribution in [1.29, 1.82) is 0 Å². The van der Waals surface area contributed by atoms with E-state index in [1.807, 2.05) is 13.8 Å². The molecule has 0 fully saturated rings. The van der Waals surface area contributed by atoms with Crippen molar-refractivity contribution in [3.05, 3.63) is 29.3 Å². The van der Waals surface area contributed by atoms with E-state index in [1.165, 1.54) is 12.0 Å². The third kappa shape index (κ3) is 7.08. The summed E-state index contributed by atoms with van der Waals surface area (Å²) < 4.78 is 10.2. The minimum absolute atomic E-state index is 0.177. The van der Waals surface area contributed by atoms with E-state index >= 15 is 0 Å². The lowest BCUT2D eigenvalue weighted by Crippen LogP contribution is -2.48. The fraction of sp³-hybridized carbons (Fsp3) is 0.529. The molecule has 134 valence electrons. The first-order valence-electron chi connectivity index (χ1n) is 7.81. The lowest BCUT2D eigenvalue weighted by molar-refractivity contribution is -0.132. The van der Waals surface area contributed by atoms with Gasteiger partial charge >= 0.3 is 6.09 Å². The number of alkyl carbamates (subject to hydrolysis) is 1. The Balaban J connectivity index is 2.54. The largest absolute Gasteiger partial charge is 0.492 e. The van der Waals surface area contributed by atoms with Gasteiger partial charge in [0.25, 0.3) is 0 Å². The van der Waals surface area contributed by atoms with Crippen LogP contribution in [0.2, 0.25) is 5.02 Å². The van der Waals surface area contributed by atoms with Crippen molar-refractivity contribution in [3.63, 3.8) is 0 Å². The van der Waals surface area contributed by atoms with Gasteiger partial charge in [-0.1, -0.05) is 31.5 Å². The number of amides is 2. The van der Waals surface area contributed by atoms with Crippen LogP contribution in [0.4, 0.5) is 4.79 Å². The van der Waals surface area contributed by atoms with E-state index in [1.54, 1.807) is 31.3 Å². The van der Waals surface area contributed by atoms with Crippen molar-refractivity contribution in [2.24, 2.45) is 5.92 Å². The number of methoxy groups -OCH3 is 1. The van der Waals surface area contributed by atoms with Crippen LogP contribution < -0.4 is 10.1 Å². The molecule has 1 unspecified atom stereocenters. The number of carbonyl (C=O) groups is 2. The molecular formula is C17H25ClN2O4. The molecule has 1 atom stereocenters. The third-order valence-electron chi connectivity index (χ3n) is 3.35. The maximum atomic E-state index is 12.5. The molecule has 1 aromatic carbocycles. The van der Waals surface area contributed by atoms with Gasteiger partial charge in [-0.15, -0.1) is 0 Å². The monoisotopic (exact) mass is 356 g/mol. The smallest absolute Gasteiger partial charge is 0.407 e. The molecule has 0 aliphatic carbocycles. The molecule has 0 bridgehead atoms. The summed E-state index contributed by atoms with van der Waals surface area (Å²) in [6, 6.07) is 6.45. The molecule has 0 aliphatic heterocycles. The first-order valence-corrected chi connectivity index (χ1v) is 8.19. The molecular weight excluding hydrogens is 332 g/mol. The molecule has 7 heteroatoms. The molecule has 0 aliphatic rings. The van der Waals surface area contributed by atoms with Crippen molar-refractivity contribution >= 4 is 23.6 Å². The zero-order chi connectivity index (χ0) is 18.1. The van der Waals surface area contributed by atoms with Crippen LogP contribution in [0.15, 0.2) is 24.3 Å². The van der Waals surface area contributed by atoms with Gasteiger partial charge in [-0.25, -0.2) is 4.79 Å². The van der Waals surface area contributed by atoms with E-state index in [0.29, 0.717) is 30.3 Å². The van der Waals surface area contributed by atoms with Crippen LogP contribution in [0.1, 0.15) is 20.3 Å². The zero-order valence-corrected chi connectivity index (χ0v) is 15.3. The number of nitrogens with zero attached hydrogens (tertiary/aromatic N) is 1. The highest BCUT2D eigenvalue weighted by Crippen LogP contribution is 2.17. The van der Waals surface area contributed by atoms with Gasteiger partial charge in [0.1, 0.15) is 18.4 Å². The molecule has 6 nitrogen and oxygen atoms in total. The average Bonchev–Trinajstić information content (AvgIpc) is 2.52. The Morgan fingerprint density at radius 1 is 1.33 bits per heavy atom. The van der Waals surface area contributed by atoms with Crippen LogP contribution in [-0.4, -0.2) is 50.3 Å². The molecule has 0 spiro atoms. The Morgan fingerprint density at radius 3 is 2.62 bits per heavy atom. The minimum Gasteiger partial charge on any atom is -0.492 e. The number of nitrogens with one attached hydrogen (secondary N) is 1. The normalized spacial score (nSPS) is 11.8. The average molecular weight is 357 g/mol. The fourth-order valence-electron chi connectivity index (χ4n) is 2.13. The molecule has 24 heavy (non-hydrogen) atoms. The summed E-state index contributed by atoms with van der Waals surface area (Å²) >= 11 is 5.89. The molecule has 0 saturated heterocycles. The number of hydrogen-bond acceptors (Lipinski definition) is 4. The fourth-order valence-corrected chi connectivity index (χ4v) is 2.31. The van der Waals surface area contributed by atoms with E-state index in [4.69, 9.17) is 16.3 Å². The predicted molar refractivity (Wildman–Crippen MR) is 93.4 cm³/mol. The first kappa shape index (κ1) is 20.1. The van der Waals surface area contributed by atoms with E-state index in [2.05, 4.69) is 10.1 Å². The number of carbonyl (C=O) groups excluding carboxylic acids is 2. The molecule has 0 saturated carbocycles. The second-order valence-corrected chi connectivity index (χ2v) is 6.32.